The zero-order chi connectivity index (χ0) is 22.9. The molecule has 0 unspecified atom stereocenters. The molecule has 5 aromatic rings. The summed E-state index contributed by atoms with van der Waals surface area (Å²) in [6.45, 7) is 1.99. The van der Waals surface area contributed by atoms with Crippen LogP contribution < -0.4 is 10.6 Å². The lowest BCUT2D eigenvalue weighted by Gasteiger charge is -2.07. The second-order valence-electron chi connectivity index (χ2n) is 7.75. The number of aryl methyl sites for hydroxylation is 1. The summed E-state index contributed by atoms with van der Waals surface area (Å²) < 4.78 is 11.4. The van der Waals surface area contributed by atoms with E-state index in [-0.39, 0.29) is 18.1 Å². The molecule has 0 saturated carbocycles. The van der Waals surface area contributed by atoms with Gasteiger partial charge in [-0.2, -0.15) is 0 Å². The van der Waals surface area contributed by atoms with Crippen molar-refractivity contribution in [2.45, 2.75) is 13.3 Å². The Kier molecular flexibility index (Phi) is 5.36. The number of nitrogens with one attached hydrogen (secondary N) is 2. The van der Waals surface area contributed by atoms with Gasteiger partial charge in [-0.1, -0.05) is 35.4 Å². The SMILES string of the molecule is Cc1ccc2occ(CC(=O)Nc3c(C(=O)Nc4ccc(Cl)cc4)oc4ccccc34)c2c1. The van der Waals surface area contributed by atoms with Crippen molar-refractivity contribution in [1.82, 2.24) is 0 Å². The molecule has 0 fully saturated rings. The zero-order valence-corrected chi connectivity index (χ0v) is 18.4. The Morgan fingerprint density at radius 3 is 2.52 bits per heavy atom. The molecule has 33 heavy (non-hydrogen) atoms. The third-order valence-corrected chi connectivity index (χ3v) is 5.58. The van der Waals surface area contributed by atoms with E-state index in [9.17, 15) is 9.59 Å². The molecule has 2 heterocycles. The minimum absolute atomic E-state index is 0.0207. The largest absolute Gasteiger partial charge is 0.464 e. The lowest BCUT2D eigenvalue weighted by molar-refractivity contribution is -0.115. The van der Waals surface area contributed by atoms with Gasteiger partial charge in [0.05, 0.1) is 12.7 Å². The summed E-state index contributed by atoms with van der Waals surface area (Å²) in [5.74, 6) is -0.744. The Bertz CT molecular complexity index is 1500. The Morgan fingerprint density at radius 2 is 1.70 bits per heavy atom. The lowest BCUT2D eigenvalue weighted by atomic mass is 10.1. The third kappa shape index (κ3) is 4.21. The molecule has 0 aliphatic rings. The average molecular weight is 459 g/mol. The quantitative estimate of drug-likeness (QED) is 0.312. The van der Waals surface area contributed by atoms with Crippen molar-refractivity contribution in [2.24, 2.45) is 0 Å². The summed E-state index contributed by atoms with van der Waals surface area (Å²) in [4.78, 5) is 26.0. The molecule has 0 aliphatic heterocycles. The lowest BCUT2D eigenvalue weighted by Crippen LogP contribution is -2.18. The van der Waals surface area contributed by atoms with Gasteiger partial charge in [-0.15, -0.1) is 0 Å². The van der Waals surface area contributed by atoms with E-state index in [1.54, 1.807) is 48.7 Å². The van der Waals surface area contributed by atoms with Gasteiger partial charge in [-0.25, -0.2) is 0 Å². The average Bonchev–Trinajstić information content (AvgIpc) is 3.37. The summed E-state index contributed by atoms with van der Waals surface area (Å²) in [5.41, 5.74) is 3.95. The summed E-state index contributed by atoms with van der Waals surface area (Å²) >= 11 is 5.92. The number of hydrogen-bond acceptors (Lipinski definition) is 4. The fourth-order valence-electron chi connectivity index (χ4n) is 3.74. The first-order valence-corrected chi connectivity index (χ1v) is 10.7. The number of amides is 2. The van der Waals surface area contributed by atoms with E-state index < -0.39 is 5.91 Å². The monoisotopic (exact) mass is 458 g/mol. The molecule has 2 N–H and O–H groups in total. The van der Waals surface area contributed by atoms with E-state index in [2.05, 4.69) is 10.6 Å². The van der Waals surface area contributed by atoms with Crippen molar-refractivity contribution < 1.29 is 18.4 Å². The Morgan fingerprint density at radius 1 is 0.909 bits per heavy atom. The predicted molar refractivity (Wildman–Crippen MR) is 129 cm³/mol. The van der Waals surface area contributed by atoms with Crippen LogP contribution in [0.2, 0.25) is 5.02 Å². The first-order valence-electron chi connectivity index (χ1n) is 10.3. The molecule has 0 aliphatic carbocycles. The molecule has 0 radical (unpaired) electrons. The van der Waals surface area contributed by atoms with E-state index in [4.69, 9.17) is 20.4 Å². The van der Waals surface area contributed by atoms with Crippen LogP contribution in [0.3, 0.4) is 0 Å². The van der Waals surface area contributed by atoms with Crippen LogP contribution in [-0.2, 0) is 11.2 Å². The minimum Gasteiger partial charge on any atom is -0.464 e. The van der Waals surface area contributed by atoms with Crippen molar-refractivity contribution in [3.8, 4) is 0 Å². The molecule has 0 saturated heterocycles. The van der Waals surface area contributed by atoms with Gasteiger partial charge in [0.1, 0.15) is 16.9 Å². The number of para-hydroxylation sites is 1. The molecule has 7 heteroatoms. The van der Waals surface area contributed by atoms with Gasteiger partial charge in [0.15, 0.2) is 0 Å². The standard InChI is InChI=1S/C26H19ClN2O4/c1-15-6-11-21-20(12-15)16(14-32-21)13-23(30)29-24-19-4-2-3-5-22(19)33-25(24)26(31)28-18-9-7-17(27)8-10-18/h2-12,14H,13H2,1H3,(H,28,31)(H,29,30). The number of rotatable bonds is 5. The van der Waals surface area contributed by atoms with Gasteiger partial charge in [-0.05, 0) is 55.5 Å². The summed E-state index contributed by atoms with van der Waals surface area (Å²) in [7, 11) is 0. The summed E-state index contributed by atoms with van der Waals surface area (Å²) in [5, 5.41) is 7.74. The normalized spacial score (nSPS) is 11.1. The van der Waals surface area contributed by atoms with Crippen LogP contribution in [0.5, 0.6) is 0 Å². The first kappa shape index (κ1) is 20.8. The topological polar surface area (TPSA) is 84.5 Å². The summed E-state index contributed by atoms with van der Waals surface area (Å²) in [6, 6.07) is 19.7. The number of fused-ring (bicyclic) bond motifs is 2. The second kappa shape index (κ2) is 8.48. The van der Waals surface area contributed by atoms with Crippen LogP contribution >= 0.6 is 11.6 Å². The van der Waals surface area contributed by atoms with Crippen LogP contribution in [0, 0.1) is 6.92 Å². The molecule has 0 bridgehead atoms. The molecule has 6 nitrogen and oxygen atoms in total. The number of carbonyl (C=O) groups is 2. The molecule has 2 aromatic heterocycles. The van der Waals surface area contributed by atoms with Crippen LogP contribution in [-0.4, -0.2) is 11.8 Å². The molecule has 2 amide bonds. The molecule has 5 rings (SSSR count). The highest BCUT2D eigenvalue weighted by molar-refractivity contribution is 6.30. The van der Waals surface area contributed by atoms with Gasteiger partial charge in [-0.3, -0.25) is 9.59 Å². The van der Waals surface area contributed by atoms with Crippen LogP contribution in [0.25, 0.3) is 21.9 Å². The van der Waals surface area contributed by atoms with Crippen LogP contribution in [0.15, 0.2) is 81.8 Å². The Hall–Kier alpha value is -4.03. The van der Waals surface area contributed by atoms with Crippen molar-refractivity contribution in [3.05, 3.63) is 94.9 Å². The highest BCUT2D eigenvalue weighted by Crippen LogP contribution is 2.32. The third-order valence-electron chi connectivity index (χ3n) is 5.33. The first-order chi connectivity index (χ1) is 16.0. The highest BCUT2D eigenvalue weighted by atomic mass is 35.5. The molecule has 164 valence electrons. The highest BCUT2D eigenvalue weighted by Gasteiger charge is 2.23. The fraction of sp³-hybridized carbons (Fsp3) is 0.0769. The Balaban J connectivity index is 1.44. The van der Waals surface area contributed by atoms with Crippen molar-refractivity contribution in [2.75, 3.05) is 10.6 Å². The van der Waals surface area contributed by atoms with E-state index in [1.807, 2.05) is 31.2 Å². The number of halogens is 1. The number of carbonyl (C=O) groups excluding carboxylic acids is 2. The maximum Gasteiger partial charge on any atom is 0.293 e. The van der Waals surface area contributed by atoms with Gasteiger partial charge in [0.25, 0.3) is 5.91 Å². The van der Waals surface area contributed by atoms with Gasteiger partial charge >= 0.3 is 0 Å². The van der Waals surface area contributed by atoms with Gasteiger partial charge in [0.2, 0.25) is 11.7 Å². The maximum absolute atomic E-state index is 13.0. The van der Waals surface area contributed by atoms with Crippen LogP contribution in [0.4, 0.5) is 11.4 Å². The summed E-state index contributed by atoms with van der Waals surface area (Å²) in [6.07, 6.45) is 1.68. The Labute approximate surface area is 194 Å². The molecule has 0 spiro atoms. The van der Waals surface area contributed by atoms with Crippen molar-refractivity contribution >= 4 is 56.7 Å². The van der Waals surface area contributed by atoms with Gasteiger partial charge in [0, 0.05) is 27.0 Å². The van der Waals surface area contributed by atoms with Gasteiger partial charge < -0.3 is 19.5 Å². The van der Waals surface area contributed by atoms with E-state index >= 15 is 0 Å². The maximum atomic E-state index is 13.0. The molecule has 0 atom stereocenters. The van der Waals surface area contributed by atoms with Crippen molar-refractivity contribution in [1.29, 1.82) is 0 Å². The smallest absolute Gasteiger partial charge is 0.293 e. The minimum atomic E-state index is -0.479. The predicted octanol–water partition coefficient (Wildman–Crippen LogP) is 6.57. The molecular weight excluding hydrogens is 440 g/mol. The number of benzene rings is 3. The number of furan rings is 2. The molecular formula is C26H19ClN2O4. The van der Waals surface area contributed by atoms with Crippen molar-refractivity contribution in [3.63, 3.8) is 0 Å². The molecule has 3 aromatic carbocycles. The van der Waals surface area contributed by atoms with Crippen LogP contribution in [0.1, 0.15) is 21.7 Å². The number of anilines is 2. The number of hydrogen-bond donors (Lipinski definition) is 2. The zero-order valence-electron chi connectivity index (χ0n) is 17.6. The second-order valence-corrected chi connectivity index (χ2v) is 8.19. The van der Waals surface area contributed by atoms with E-state index in [0.717, 1.165) is 22.1 Å². The fourth-order valence-corrected chi connectivity index (χ4v) is 3.87. The van der Waals surface area contributed by atoms with E-state index in [0.29, 0.717) is 27.4 Å². The van der Waals surface area contributed by atoms with E-state index in [1.165, 1.54) is 0 Å².